The normalized spacial score (nSPS) is 18.1. The van der Waals surface area contributed by atoms with Gasteiger partial charge in [-0.1, -0.05) is 35.0 Å². The predicted molar refractivity (Wildman–Crippen MR) is 131 cm³/mol. The first-order valence-corrected chi connectivity index (χ1v) is 13.5. The fourth-order valence-electron chi connectivity index (χ4n) is 4.04. The molecule has 11 heteroatoms. The summed E-state index contributed by atoms with van der Waals surface area (Å²) < 4.78 is 27.7. The zero-order valence-electron chi connectivity index (χ0n) is 18.4. The van der Waals surface area contributed by atoms with E-state index in [1.54, 1.807) is 6.07 Å². The van der Waals surface area contributed by atoms with E-state index < -0.39 is 15.6 Å². The van der Waals surface area contributed by atoms with Crippen LogP contribution in [0.5, 0.6) is 0 Å². The van der Waals surface area contributed by atoms with Gasteiger partial charge >= 0.3 is 0 Å². The number of rotatable bonds is 8. The molecule has 1 aromatic heterocycles. The highest BCUT2D eigenvalue weighted by atomic mass is 35.5. The third kappa shape index (κ3) is 5.51. The number of nitrogens with zero attached hydrogens (tertiary/aromatic N) is 3. The van der Waals surface area contributed by atoms with Crippen molar-refractivity contribution in [2.45, 2.75) is 35.5 Å². The fourth-order valence-corrected chi connectivity index (χ4v) is 7.12. The zero-order chi connectivity index (χ0) is 23.5. The van der Waals surface area contributed by atoms with E-state index in [-0.39, 0.29) is 10.1 Å². The van der Waals surface area contributed by atoms with Crippen molar-refractivity contribution in [2.75, 3.05) is 38.1 Å². The average molecular weight is 511 g/mol. The van der Waals surface area contributed by atoms with Crippen molar-refractivity contribution in [3.05, 3.63) is 46.8 Å². The molecule has 8 nitrogen and oxygen atoms in total. The number of halogens is 1. The summed E-state index contributed by atoms with van der Waals surface area (Å²) in [6, 6.07) is 13.2. The van der Waals surface area contributed by atoms with E-state index in [0.29, 0.717) is 48.9 Å². The summed E-state index contributed by atoms with van der Waals surface area (Å²) in [7, 11) is -1.55. The Bertz CT molecular complexity index is 1110. The second kappa shape index (κ2) is 10.0. The minimum atomic E-state index is -3.57. The van der Waals surface area contributed by atoms with Crippen LogP contribution in [-0.4, -0.2) is 63.2 Å². The van der Waals surface area contributed by atoms with Crippen LogP contribution in [0.3, 0.4) is 0 Å². The second-order valence-electron chi connectivity index (χ2n) is 8.32. The Hall–Kier alpha value is -2.14. The van der Waals surface area contributed by atoms with Gasteiger partial charge in [-0.25, -0.2) is 8.42 Å². The van der Waals surface area contributed by atoms with Gasteiger partial charge in [0.2, 0.25) is 0 Å². The van der Waals surface area contributed by atoms with Gasteiger partial charge in [-0.15, -0.1) is 11.3 Å². The summed E-state index contributed by atoms with van der Waals surface area (Å²) in [5, 5.41) is 6.95. The van der Waals surface area contributed by atoms with Gasteiger partial charge in [0, 0.05) is 58.2 Å². The van der Waals surface area contributed by atoms with E-state index in [2.05, 4.69) is 27.5 Å². The van der Waals surface area contributed by atoms with Crippen molar-refractivity contribution in [1.82, 2.24) is 9.62 Å². The molecule has 0 atom stereocenters. The Morgan fingerprint density at radius 2 is 1.97 bits per heavy atom. The maximum Gasteiger partial charge on any atom is 0.269 e. The average Bonchev–Trinajstić information content (AvgIpc) is 3.44. The number of hydrogen-bond acceptors (Lipinski definition) is 7. The highest BCUT2D eigenvalue weighted by Crippen LogP contribution is 2.37. The van der Waals surface area contributed by atoms with Gasteiger partial charge in [-0.2, -0.15) is 4.31 Å². The molecule has 178 valence electrons. The Labute approximate surface area is 203 Å². The van der Waals surface area contributed by atoms with Gasteiger partial charge in [0.15, 0.2) is 0 Å². The molecule has 33 heavy (non-hydrogen) atoms. The second-order valence-corrected chi connectivity index (χ2v) is 12.2. The van der Waals surface area contributed by atoms with Crippen LogP contribution in [-0.2, 0) is 19.7 Å². The first kappa shape index (κ1) is 24.0. The SMILES string of the molecule is CN(CCCNC(=O)C1=NOC2(CCN(S(=O)(=O)c3ccc(Cl)s3)CC2)C1)c1ccccc1. The number of hydrogen-bond donors (Lipinski definition) is 1. The molecule has 0 bridgehead atoms. The summed E-state index contributed by atoms with van der Waals surface area (Å²) in [5.74, 6) is -0.225. The maximum absolute atomic E-state index is 12.8. The van der Waals surface area contributed by atoms with Crippen molar-refractivity contribution in [1.29, 1.82) is 0 Å². The summed E-state index contributed by atoms with van der Waals surface area (Å²) in [4.78, 5) is 20.4. The number of carbonyl (C=O) groups is 1. The van der Waals surface area contributed by atoms with Gasteiger partial charge in [-0.05, 0) is 30.7 Å². The third-order valence-electron chi connectivity index (χ3n) is 6.03. The van der Waals surface area contributed by atoms with Crippen molar-refractivity contribution in [2.24, 2.45) is 5.16 Å². The van der Waals surface area contributed by atoms with E-state index in [0.717, 1.165) is 30.0 Å². The number of sulfonamides is 1. The zero-order valence-corrected chi connectivity index (χ0v) is 20.8. The molecule has 2 aliphatic heterocycles. The molecule has 0 saturated carbocycles. The van der Waals surface area contributed by atoms with Gasteiger partial charge in [0.25, 0.3) is 15.9 Å². The molecule has 2 aromatic rings. The molecule has 1 aromatic carbocycles. The number of oxime groups is 1. The number of nitrogens with one attached hydrogen (secondary N) is 1. The molecule has 0 unspecified atom stereocenters. The number of anilines is 1. The van der Waals surface area contributed by atoms with Crippen LogP contribution in [0, 0.1) is 0 Å². The Kier molecular flexibility index (Phi) is 7.28. The summed E-state index contributed by atoms with van der Waals surface area (Å²) in [6.45, 7) is 1.98. The van der Waals surface area contributed by atoms with E-state index in [1.807, 2.05) is 25.2 Å². The molecule has 1 saturated heterocycles. The van der Waals surface area contributed by atoms with Crippen LogP contribution >= 0.6 is 22.9 Å². The highest BCUT2D eigenvalue weighted by molar-refractivity contribution is 7.91. The Balaban J connectivity index is 1.22. The maximum atomic E-state index is 12.8. The quantitative estimate of drug-likeness (QED) is 0.550. The van der Waals surface area contributed by atoms with E-state index in [1.165, 1.54) is 10.4 Å². The van der Waals surface area contributed by atoms with Crippen molar-refractivity contribution in [3.8, 4) is 0 Å². The largest absolute Gasteiger partial charge is 0.388 e. The van der Waals surface area contributed by atoms with Crippen LogP contribution in [0.1, 0.15) is 25.7 Å². The monoisotopic (exact) mass is 510 g/mol. The van der Waals surface area contributed by atoms with Crippen LogP contribution in [0.2, 0.25) is 4.34 Å². The molecule has 1 fully saturated rings. The van der Waals surface area contributed by atoms with Crippen LogP contribution in [0.15, 0.2) is 51.8 Å². The van der Waals surface area contributed by atoms with Crippen LogP contribution < -0.4 is 10.2 Å². The minimum Gasteiger partial charge on any atom is -0.388 e. The first-order valence-electron chi connectivity index (χ1n) is 10.8. The molecule has 1 amide bonds. The lowest BCUT2D eigenvalue weighted by Crippen LogP contribution is -2.47. The summed E-state index contributed by atoms with van der Waals surface area (Å²) in [6.07, 6.45) is 2.15. The molecule has 3 heterocycles. The number of benzene rings is 1. The Morgan fingerprint density at radius 3 is 2.64 bits per heavy atom. The molecular formula is C22H27ClN4O4S2. The smallest absolute Gasteiger partial charge is 0.269 e. The van der Waals surface area contributed by atoms with Crippen LogP contribution in [0.4, 0.5) is 5.69 Å². The molecule has 1 N–H and O–H groups in total. The number of carbonyl (C=O) groups excluding carboxylic acids is 1. The van der Waals surface area contributed by atoms with Crippen LogP contribution in [0.25, 0.3) is 0 Å². The lowest BCUT2D eigenvalue weighted by molar-refractivity contribution is -0.114. The topological polar surface area (TPSA) is 91.3 Å². The van der Waals surface area contributed by atoms with Gasteiger partial charge in [0.1, 0.15) is 15.5 Å². The lowest BCUT2D eigenvalue weighted by atomic mass is 9.87. The highest BCUT2D eigenvalue weighted by Gasteiger charge is 2.45. The van der Waals surface area contributed by atoms with E-state index in [4.69, 9.17) is 16.4 Å². The van der Waals surface area contributed by atoms with E-state index in [9.17, 15) is 13.2 Å². The summed E-state index contributed by atoms with van der Waals surface area (Å²) >= 11 is 6.95. The van der Waals surface area contributed by atoms with Crippen molar-refractivity contribution >= 4 is 50.3 Å². The number of thiophene rings is 1. The molecule has 1 spiro atoms. The number of amides is 1. The van der Waals surface area contributed by atoms with Gasteiger partial charge < -0.3 is 15.1 Å². The lowest BCUT2D eigenvalue weighted by Gasteiger charge is -2.36. The van der Waals surface area contributed by atoms with E-state index >= 15 is 0 Å². The minimum absolute atomic E-state index is 0.225. The van der Waals surface area contributed by atoms with Crippen molar-refractivity contribution < 1.29 is 18.0 Å². The molecule has 2 aliphatic rings. The van der Waals surface area contributed by atoms with Gasteiger partial charge in [-0.3, -0.25) is 4.79 Å². The molecule has 0 aliphatic carbocycles. The van der Waals surface area contributed by atoms with Crippen molar-refractivity contribution in [3.63, 3.8) is 0 Å². The molecule has 0 radical (unpaired) electrons. The predicted octanol–water partition coefficient (Wildman–Crippen LogP) is 3.34. The standard InChI is InChI=1S/C22H27ClN4O4S2/c1-26(17-6-3-2-4-7-17)13-5-12-24-21(28)18-16-22(31-25-18)10-14-27(15-11-22)33(29,30)20-9-8-19(23)32-20/h2-4,6-9H,5,10-16H2,1H3,(H,24,28). The number of para-hydroxylation sites is 1. The molecular weight excluding hydrogens is 484 g/mol. The van der Waals surface area contributed by atoms with Gasteiger partial charge in [0.05, 0.1) is 4.34 Å². The summed E-state index contributed by atoms with van der Waals surface area (Å²) in [5.41, 5.74) is 0.891. The number of piperidine rings is 1. The Morgan fingerprint density at radius 1 is 1.24 bits per heavy atom. The molecule has 4 rings (SSSR count). The third-order valence-corrected chi connectivity index (χ3v) is 9.63. The first-order chi connectivity index (χ1) is 15.8. The fraction of sp³-hybridized carbons (Fsp3) is 0.455.